The second kappa shape index (κ2) is 16.1. The van der Waals surface area contributed by atoms with Gasteiger partial charge in [0, 0.05) is 19.2 Å². The minimum absolute atomic E-state index is 0.0489. The van der Waals surface area contributed by atoms with Crippen molar-refractivity contribution in [2.45, 2.75) is 39.4 Å². The molecule has 7 nitrogen and oxygen atoms in total. The van der Waals surface area contributed by atoms with E-state index in [0.717, 1.165) is 5.57 Å². The number of thioether (sulfide) groups is 1. The number of hydrogen-bond donors (Lipinski definition) is 1. The molecule has 172 valence electrons. The lowest BCUT2D eigenvalue weighted by atomic mass is 10.0. The third kappa shape index (κ3) is 10.4. The van der Waals surface area contributed by atoms with E-state index in [1.807, 2.05) is 33.8 Å². The molecule has 30 heavy (non-hydrogen) atoms. The van der Waals surface area contributed by atoms with Crippen LogP contribution in [0.15, 0.2) is 35.6 Å². The highest BCUT2D eigenvalue weighted by atomic mass is 32.2. The van der Waals surface area contributed by atoms with E-state index in [2.05, 4.69) is 11.9 Å². The number of carbonyl (C=O) groups is 2. The van der Waals surface area contributed by atoms with E-state index in [-0.39, 0.29) is 17.6 Å². The van der Waals surface area contributed by atoms with Crippen LogP contribution in [-0.2, 0) is 28.5 Å². The first-order valence-corrected chi connectivity index (χ1v) is 11.0. The predicted octanol–water partition coefficient (Wildman–Crippen LogP) is 3.26. The molecule has 0 saturated heterocycles. The zero-order chi connectivity index (χ0) is 23.0. The van der Waals surface area contributed by atoms with Gasteiger partial charge in [0.2, 0.25) is 5.12 Å². The van der Waals surface area contributed by atoms with E-state index in [9.17, 15) is 9.59 Å². The molecule has 1 amide bonds. The van der Waals surface area contributed by atoms with Gasteiger partial charge in [-0.3, -0.25) is 9.59 Å². The standard InChI is InChI=1S/C20H31NO6S.C2H6/c1-6-15(2)13-20(4)18(16(3)19(23)28-20)27-14-17(22)21-7-8-25-11-12-26-10-9-24-5;1-2/h6,13H,1,7-12,14H2,2-5H3,(H,21,22);1-2H3/b15-13+;. The molecule has 0 spiro atoms. The number of ether oxygens (including phenoxy) is 4. The Morgan fingerprint density at radius 2 is 1.77 bits per heavy atom. The fourth-order valence-electron chi connectivity index (χ4n) is 2.54. The van der Waals surface area contributed by atoms with Gasteiger partial charge in [-0.15, -0.1) is 0 Å². The van der Waals surface area contributed by atoms with Gasteiger partial charge in [0.1, 0.15) is 5.76 Å². The Morgan fingerprint density at radius 3 is 2.37 bits per heavy atom. The lowest BCUT2D eigenvalue weighted by Crippen LogP contribution is -2.32. The maximum Gasteiger partial charge on any atom is 0.258 e. The molecule has 0 bridgehead atoms. The van der Waals surface area contributed by atoms with E-state index >= 15 is 0 Å². The minimum atomic E-state index is -0.633. The van der Waals surface area contributed by atoms with Crippen LogP contribution >= 0.6 is 11.8 Å². The summed E-state index contributed by atoms with van der Waals surface area (Å²) in [7, 11) is 1.62. The molecular weight excluding hydrogens is 406 g/mol. The van der Waals surface area contributed by atoms with Crippen molar-refractivity contribution in [3.8, 4) is 0 Å². The molecule has 1 aliphatic heterocycles. The Bertz CT molecular complexity index is 617. The molecule has 0 aromatic heterocycles. The Balaban J connectivity index is 0.00000407. The molecule has 0 aliphatic carbocycles. The van der Waals surface area contributed by atoms with E-state index in [0.29, 0.717) is 50.9 Å². The number of hydrogen-bond acceptors (Lipinski definition) is 7. The van der Waals surface area contributed by atoms with Crippen LogP contribution in [-0.4, -0.2) is 69.1 Å². The summed E-state index contributed by atoms with van der Waals surface area (Å²) in [5, 5.41) is 2.68. The summed E-state index contributed by atoms with van der Waals surface area (Å²) in [6.45, 7) is 15.9. The molecule has 0 aromatic carbocycles. The third-order valence-corrected chi connectivity index (χ3v) is 5.17. The lowest BCUT2D eigenvalue weighted by Gasteiger charge is -2.23. The monoisotopic (exact) mass is 443 g/mol. The SMILES string of the molecule is C=C/C(C)=C/C1(C)SC(=O)C(C)=C1OCC(=O)NCCOCCOCCOC.CC. The van der Waals surface area contributed by atoms with Gasteiger partial charge in [-0.05, 0) is 20.8 Å². The second-order valence-corrected chi connectivity index (χ2v) is 7.82. The Morgan fingerprint density at radius 1 is 1.17 bits per heavy atom. The summed E-state index contributed by atoms with van der Waals surface area (Å²) < 4.78 is 20.6. The molecule has 1 heterocycles. The number of methoxy groups -OCH3 is 1. The second-order valence-electron chi connectivity index (χ2n) is 6.40. The summed E-state index contributed by atoms with van der Waals surface area (Å²) >= 11 is 1.18. The van der Waals surface area contributed by atoms with Crippen molar-refractivity contribution in [1.29, 1.82) is 0 Å². The van der Waals surface area contributed by atoms with Gasteiger partial charge in [-0.2, -0.15) is 0 Å². The first kappa shape index (κ1) is 28.4. The topological polar surface area (TPSA) is 83.1 Å². The van der Waals surface area contributed by atoms with Crippen LogP contribution in [0.3, 0.4) is 0 Å². The van der Waals surface area contributed by atoms with Gasteiger partial charge in [0.05, 0.1) is 37.8 Å². The fraction of sp³-hybridized carbons (Fsp3) is 0.636. The van der Waals surface area contributed by atoms with Gasteiger partial charge in [-0.1, -0.05) is 49.9 Å². The highest BCUT2D eigenvalue weighted by Crippen LogP contribution is 2.45. The molecule has 8 heteroatoms. The first-order valence-electron chi connectivity index (χ1n) is 10.1. The van der Waals surface area contributed by atoms with Gasteiger partial charge in [0.25, 0.3) is 5.91 Å². The number of carbonyl (C=O) groups excluding carboxylic acids is 2. The molecule has 1 atom stereocenters. The normalized spacial score (nSPS) is 18.7. The van der Waals surface area contributed by atoms with E-state index < -0.39 is 4.75 Å². The predicted molar refractivity (Wildman–Crippen MR) is 121 cm³/mol. The zero-order valence-corrected chi connectivity index (χ0v) is 20.0. The summed E-state index contributed by atoms with van der Waals surface area (Å²) in [5.41, 5.74) is 1.47. The van der Waals surface area contributed by atoms with Crippen molar-refractivity contribution in [1.82, 2.24) is 5.32 Å². The van der Waals surface area contributed by atoms with Crippen LogP contribution in [0, 0.1) is 0 Å². The van der Waals surface area contributed by atoms with Crippen LogP contribution in [0.2, 0.25) is 0 Å². The average Bonchev–Trinajstić information content (AvgIpc) is 2.94. The zero-order valence-electron chi connectivity index (χ0n) is 19.2. The average molecular weight is 444 g/mol. The summed E-state index contributed by atoms with van der Waals surface area (Å²) in [6, 6.07) is 0. The van der Waals surface area contributed by atoms with Gasteiger partial charge in [0.15, 0.2) is 6.61 Å². The third-order valence-electron chi connectivity index (χ3n) is 3.95. The van der Waals surface area contributed by atoms with Crippen molar-refractivity contribution in [3.05, 3.63) is 35.6 Å². The first-order chi connectivity index (χ1) is 14.3. The maximum absolute atomic E-state index is 12.1. The summed E-state index contributed by atoms with van der Waals surface area (Å²) in [4.78, 5) is 24.1. The van der Waals surface area contributed by atoms with Crippen LogP contribution in [0.5, 0.6) is 0 Å². The summed E-state index contributed by atoms with van der Waals surface area (Å²) in [6.07, 6.45) is 3.64. The molecule has 0 fully saturated rings. The van der Waals surface area contributed by atoms with Crippen molar-refractivity contribution in [2.75, 3.05) is 53.3 Å². The van der Waals surface area contributed by atoms with Gasteiger partial charge in [-0.25, -0.2) is 0 Å². The van der Waals surface area contributed by atoms with Gasteiger partial charge < -0.3 is 24.3 Å². The molecule has 1 aliphatic rings. The van der Waals surface area contributed by atoms with Crippen LogP contribution in [0.1, 0.15) is 34.6 Å². The smallest absolute Gasteiger partial charge is 0.258 e. The van der Waals surface area contributed by atoms with Crippen LogP contribution < -0.4 is 5.32 Å². The Hall–Kier alpha value is -1.61. The minimum Gasteiger partial charge on any atom is -0.486 e. The molecule has 0 saturated carbocycles. The number of rotatable bonds is 14. The van der Waals surface area contributed by atoms with E-state index in [1.54, 1.807) is 20.1 Å². The van der Waals surface area contributed by atoms with Crippen molar-refractivity contribution in [2.24, 2.45) is 0 Å². The lowest BCUT2D eigenvalue weighted by molar-refractivity contribution is -0.124. The molecular formula is C22H37NO6S. The van der Waals surface area contributed by atoms with Crippen LogP contribution in [0.4, 0.5) is 0 Å². The fourth-order valence-corrected chi connectivity index (χ4v) is 3.72. The quantitative estimate of drug-likeness (QED) is 0.326. The number of allylic oxidation sites excluding steroid dienone is 2. The van der Waals surface area contributed by atoms with Gasteiger partial charge >= 0.3 is 0 Å². The summed E-state index contributed by atoms with van der Waals surface area (Å²) in [5.74, 6) is 0.250. The molecule has 1 N–H and O–H groups in total. The Labute approximate surface area is 185 Å². The molecule has 1 unspecified atom stereocenters. The van der Waals surface area contributed by atoms with Crippen molar-refractivity contribution in [3.63, 3.8) is 0 Å². The number of nitrogens with one attached hydrogen (secondary N) is 1. The highest BCUT2D eigenvalue weighted by molar-refractivity contribution is 8.16. The van der Waals surface area contributed by atoms with Crippen molar-refractivity contribution < 1.29 is 28.5 Å². The van der Waals surface area contributed by atoms with E-state index in [1.165, 1.54) is 11.8 Å². The molecule has 1 rings (SSSR count). The molecule has 0 radical (unpaired) electrons. The Kier molecular flexibility index (Phi) is 15.3. The van der Waals surface area contributed by atoms with Crippen molar-refractivity contribution >= 4 is 22.8 Å². The maximum atomic E-state index is 12.1. The van der Waals surface area contributed by atoms with E-state index in [4.69, 9.17) is 18.9 Å². The highest BCUT2D eigenvalue weighted by Gasteiger charge is 2.41. The largest absolute Gasteiger partial charge is 0.486 e. The molecule has 0 aromatic rings. The van der Waals surface area contributed by atoms with Crippen LogP contribution in [0.25, 0.3) is 0 Å². The number of amides is 1.